The van der Waals surface area contributed by atoms with E-state index >= 15 is 0 Å². The normalized spacial score (nSPS) is 27.1. The zero-order valence-electron chi connectivity index (χ0n) is 12.1. The SMILES string of the molecule is c1ccc([C]2CCCCC2C2CCCCCC2)cc1. The van der Waals surface area contributed by atoms with Gasteiger partial charge in [-0.1, -0.05) is 81.7 Å². The van der Waals surface area contributed by atoms with Crippen molar-refractivity contribution in [3.63, 3.8) is 0 Å². The zero-order chi connectivity index (χ0) is 12.9. The summed E-state index contributed by atoms with van der Waals surface area (Å²) in [6.07, 6.45) is 14.5. The molecule has 1 atom stereocenters. The fourth-order valence-electron chi connectivity index (χ4n) is 4.28. The average Bonchev–Trinajstić information content (AvgIpc) is 2.77. The predicted molar refractivity (Wildman–Crippen MR) is 81.9 cm³/mol. The van der Waals surface area contributed by atoms with Crippen molar-refractivity contribution in [3.05, 3.63) is 41.8 Å². The van der Waals surface area contributed by atoms with Crippen LogP contribution in [0.1, 0.15) is 69.8 Å². The minimum Gasteiger partial charge on any atom is -0.0622 e. The first-order valence-corrected chi connectivity index (χ1v) is 8.36. The largest absolute Gasteiger partial charge is 0.0622 e. The fraction of sp³-hybridized carbons (Fsp3) is 0.632. The van der Waals surface area contributed by atoms with Gasteiger partial charge in [0.1, 0.15) is 0 Å². The highest BCUT2D eigenvalue weighted by Gasteiger charge is 2.33. The molecule has 0 heteroatoms. The molecule has 0 aliphatic heterocycles. The summed E-state index contributed by atoms with van der Waals surface area (Å²) in [5, 5.41) is 0. The van der Waals surface area contributed by atoms with Crippen LogP contribution in [-0.2, 0) is 0 Å². The van der Waals surface area contributed by atoms with E-state index in [9.17, 15) is 0 Å². The molecule has 2 fully saturated rings. The monoisotopic (exact) mass is 255 g/mol. The summed E-state index contributed by atoms with van der Waals surface area (Å²) in [6, 6.07) is 11.2. The molecule has 0 N–H and O–H groups in total. The van der Waals surface area contributed by atoms with Gasteiger partial charge in [-0.25, -0.2) is 0 Å². The van der Waals surface area contributed by atoms with E-state index in [4.69, 9.17) is 0 Å². The summed E-state index contributed by atoms with van der Waals surface area (Å²) in [7, 11) is 0. The van der Waals surface area contributed by atoms with Crippen molar-refractivity contribution in [1.82, 2.24) is 0 Å². The van der Waals surface area contributed by atoms with Crippen LogP contribution in [0.3, 0.4) is 0 Å². The summed E-state index contributed by atoms with van der Waals surface area (Å²) >= 11 is 0. The van der Waals surface area contributed by atoms with Gasteiger partial charge in [-0.05, 0) is 30.2 Å². The van der Waals surface area contributed by atoms with Crippen molar-refractivity contribution in [2.75, 3.05) is 0 Å². The maximum Gasteiger partial charge on any atom is 0.00834 e. The molecule has 0 heterocycles. The topological polar surface area (TPSA) is 0 Å². The molecule has 0 amide bonds. The second kappa shape index (κ2) is 6.59. The van der Waals surface area contributed by atoms with E-state index in [0.717, 1.165) is 11.8 Å². The van der Waals surface area contributed by atoms with Crippen LogP contribution in [0.4, 0.5) is 0 Å². The lowest BCUT2D eigenvalue weighted by atomic mass is 9.68. The molecule has 0 nitrogen and oxygen atoms in total. The molecule has 0 saturated heterocycles. The third kappa shape index (κ3) is 3.22. The van der Waals surface area contributed by atoms with Crippen LogP contribution in [0, 0.1) is 17.8 Å². The quantitative estimate of drug-likeness (QED) is 0.588. The van der Waals surface area contributed by atoms with Crippen LogP contribution >= 0.6 is 0 Å². The van der Waals surface area contributed by atoms with E-state index in [2.05, 4.69) is 30.3 Å². The lowest BCUT2D eigenvalue weighted by molar-refractivity contribution is 0.260. The lowest BCUT2D eigenvalue weighted by Gasteiger charge is -2.37. The van der Waals surface area contributed by atoms with Crippen LogP contribution in [0.25, 0.3) is 0 Å². The number of benzene rings is 1. The molecule has 3 rings (SSSR count). The van der Waals surface area contributed by atoms with E-state index in [1.165, 1.54) is 69.8 Å². The van der Waals surface area contributed by atoms with Crippen LogP contribution in [0.5, 0.6) is 0 Å². The van der Waals surface area contributed by atoms with E-state index in [0.29, 0.717) is 0 Å². The third-order valence-corrected chi connectivity index (χ3v) is 5.27. The smallest absolute Gasteiger partial charge is 0.00834 e. The van der Waals surface area contributed by atoms with Gasteiger partial charge in [0.05, 0.1) is 0 Å². The molecule has 1 aromatic carbocycles. The van der Waals surface area contributed by atoms with Crippen LogP contribution in [0.2, 0.25) is 0 Å². The van der Waals surface area contributed by atoms with Gasteiger partial charge in [-0.3, -0.25) is 0 Å². The molecule has 103 valence electrons. The van der Waals surface area contributed by atoms with Gasteiger partial charge >= 0.3 is 0 Å². The number of hydrogen-bond donors (Lipinski definition) is 0. The zero-order valence-corrected chi connectivity index (χ0v) is 12.1. The molecule has 2 saturated carbocycles. The van der Waals surface area contributed by atoms with Gasteiger partial charge in [0.25, 0.3) is 0 Å². The van der Waals surface area contributed by atoms with E-state index in [1.807, 2.05) is 0 Å². The predicted octanol–water partition coefficient (Wildman–Crippen LogP) is 5.77. The minimum absolute atomic E-state index is 0.897. The second-order valence-electron chi connectivity index (χ2n) is 6.50. The van der Waals surface area contributed by atoms with Gasteiger partial charge in [-0.15, -0.1) is 0 Å². The maximum absolute atomic E-state index is 2.34. The Morgan fingerprint density at radius 2 is 1.37 bits per heavy atom. The number of rotatable bonds is 2. The van der Waals surface area contributed by atoms with Crippen molar-refractivity contribution in [2.24, 2.45) is 11.8 Å². The Labute approximate surface area is 118 Å². The van der Waals surface area contributed by atoms with Crippen molar-refractivity contribution < 1.29 is 0 Å². The highest BCUT2D eigenvalue weighted by Crippen LogP contribution is 2.44. The van der Waals surface area contributed by atoms with E-state index in [-0.39, 0.29) is 0 Å². The third-order valence-electron chi connectivity index (χ3n) is 5.27. The summed E-state index contributed by atoms with van der Waals surface area (Å²) in [5.41, 5.74) is 1.54. The summed E-state index contributed by atoms with van der Waals surface area (Å²) in [4.78, 5) is 0. The Morgan fingerprint density at radius 3 is 2.11 bits per heavy atom. The summed E-state index contributed by atoms with van der Waals surface area (Å²) in [6.45, 7) is 0. The highest BCUT2D eigenvalue weighted by atomic mass is 14.4. The van der Waals surface area contributed by atoms with Gasteiger partial charge < -0.3 is 0 Å². The van der Waals surface area contributed by atoms with Crippen LogP contribution in [-0.4, -0.2) is 0 Å². The molecule has 0 bridgehead atoms. The highest BCUT2D eigenvalue weighted by molar-refractivity contribution is 5.32. The first-order valence-electron chi connectivity index (χ1n) is 8.36. The molecule has 2 aliphatic rings. The molecule has 0 spiro atoms. The molecule has 1 radical (unpaired) electrons. The summed E-state index contributed by atoms with van der Waals surface area (Å²) in [5.74, 6) is 3.67. The molecule has 2 aliphatic carbocycles. The molecule has 0 aromatic heterocycles. The van der Waals surface area contributed by atoms with Gasteiger partial charge in [0, 0.05) is 5.92 Å². The van der Waals surface area contributed by atoms with Gasteiger partial charge in [0.2, 0.25) is 0 Å². The Morgan fingerprint density at radius 1 is 0.684 bits per heavy atom. The first kappa shape index (κ1) is 13.2. The van der Waals surface area contributed by atoms with Crippen molar-refractivity contribution in [3.8, 4) is 0 Å². The summed E-state index contributed by atoms with van der Waals surface area (Å²) < 4.78 is 0. The van der Waals surface area contributed by atoms with Gasteiger partial charge in [0.15, 0.2) is 0 Å². The van der Waals surface area contributed by atoms with Crippen LogP contribution < -0.4 is 0 Å². The molecule has 1 unspecified atom stereocenters. The van der Waals surface area contributed by atoms with E-state index in [1.54, 1.807) is 5.92 Å². The van der Waals surface area contributed by atoms with Crippen molar-refractivity contribution in [1.29, 1.82) is 0 Å². The van der Waals surface area contributed by atoms with E-state index < -0.39 is 0 Å². The average molecular weight is 255 g/mol. The van der Waals surface area contributed by atoms with Crippen LogP contribution in [0.15, 0.2) is 30.3 Å². The maximum atomic E-state index is 2.34. The minimum atomic E-state index is 0.897. The Kier molecular flexibility index (Phi) is 4.58. The Bertz CT molecular complexity index is 359. The number of hydrogen-bond acceptors (Lipinski definition) is 0. The fourth-order valence-corrected chi connectivity index (χ4v) is 4.28. The Balaban J connectivity index is 1.76. The standard InChI is InChI=1S/C19H27/c1-2-5-11-16(10-4-1)18-14-8-9-15-19(18)17-12-6-3-7-13-17/h3,6-7,12-13,16,18H,1-2,4-5,8-11,14-15H2. The van der Waals surface area contributed by atoms with Gasteiger partial charge in [-0.2, -0.15) is 0 Å². The molecular formula is C19H27. The van der Waals surface area contributed by atoms with Crippen molar-refractivity contribution in [2.45, 2.75) is 64.2 Å². The molecule has 1 aromatic rings. The molecular weight excluding hydrogens is 228 g/mol. The second-order valence-corrected chi connectivity index (χ2v) is 6.50. The molecule has 19 heavy (non-hydrogen) atoms. The lowest BCUT2D eigenvalue weighted by Crippen LogP contribution is -2.26. The Hall–Kier alpha value is -0.780. The first-order chi connectivity index (χ1) is 9.45. The van der Waals surface area contributed by atoms with Crippen molar-refractivity contribution >= 4 is 0 Å².